The Morgan fingerprint density at radius 3 is 2.65 bits per heavy atom. The second-order valence-corrected chi connectivity index (χ2v) is 7.58. The molecule has 0 fully saturated rings. The molecule has 0 atom stereocenters. The van der Waals surface area contributed by atoms with Crippen molar-refractivity contribution in [1.29, 1.82) is 0 Å². The number of rotatable bonds is 6. The third-order valence-electron chi connectivity index (χ3n) is 2.60. The average molecular weight is 332 g/mol. The van der Waals surface area contributed by atoms with Gasteiger partial charge in [0.1, 0.15) is 0 Å². The molecule has 2 aromatic heterocycles. The van der Waals surface area contributed by atoms with Gasteiger partial charge < -0.3 is 5.73 Å². The molecule has 0 aromatic carbocycles. The zero-order valence-electron chi connectivity index (χ0n) is 10.5. The van der Waals surface area contributed by atoms with Gasteiger partial charge in [-0.25, -0.2) is 18.1 Å². The van der Waals surface area contributed by atoms with E-state index in [4.69, 9.17) is 17.3 Å². The molecule has 5 nitrogen and oxygen atoms in total. The highest BCUT2D eigenvalue weighted by atomic mass is 35.5. The maximum Gasteiger partial charge on any atom is 0.258 e. The normalized spacial score (nSPS) is 11.7. The number of hydrogen-bond donors (Lipinski definition) is 2. The minimum Gasteiger partial charge on any atom is -0.326 e. The highest BCUT2D eigenvalue weighted by Crippen LogP contribution is 2.21. The topological polar surface area (TPSA) is 85.1 Å². The molecule has 0 bridgehead atoms. The van der Waals surface area contributed by atoms with Crippen LogP contribution in [0.1, 0.15) is 10.4 Å². The van der Waals surface area contributed by atoms with Crippen LogP contribution in [0, 0.1) is 0 Å². The van der Waals surface area contributed by atoms with Gasteiger partial charge in [0.2, 0.25) is 0 Å². The highest BCUT2D eigenvalue weighted by Gasteiger charge is 2.14. The van der Waals surface area contributed by atoms with Crippen molar-refractivity contribution in [2.75, 3.05) is 6.54 Å². The molecule has 0 spiro atoms. The number of sulfonamides is 1. The third-order valence-corrected chi connectivity index (χ3v) is 5.27. The fourth-order valence-corrected chi connectivity index (χ4v) is 3.60. The van der Waals surface area contributed by atoms with Gasteiger partial charge in [-0.05, 0) is 30.2 Å². The summed E-state index contributed by atoms with van der Waals surface area (Å²) in [5.74, 6) is 0. The lowest BCUT2D eigenvalue weighted by atomic mass is 10.3. The third kappa shape index (κ3) is 4.00. The molecule has 0 aliphatic rings. The number of hydrogen-bond acceptors (Lipinski definition) is 5. The van der Waals surface area contributed by atoms with Crippen LogP contribution in [0.4, 0.5) is 0 Å². The Kier molecular flexibility index (Phi) is 5.11. The van der Waals surface area contributed by atoms with E-state index in [0.717, 1.165) is 10.4 Å². The Hall–Kier alpha value is -0.990. The number of nitrogens with two attached hydrogens (primary N) is 1. The Bertz CT molecular complexity index is 668. The lowest BCUT2D eigenvalue weighted by molar-refractivity contribution is 0.578. The molecule has 2 aromatic rings. The van der Waals surface area contributed by atoms with Crippen LogP contribution in [0.25, 0.3) is 0 Å². The first-order valence-electron chi connectivity index (χ1n) is 5.90. The quantitative estimate of drug-likeness (QED) is 0.845. The molecule has 0 saturated heterocycles. The van der Waals surface area contributed by atoms with Crippen molar-refractivity contribution < 1.29 is 8.42 Å². The summed E-state index contributed by atoms with van der Waals surface area (Å²) in [6.07, 6.45) is 2.06. The predicted octanol–water partition coefficient (Wildman–Crippen LogP) is 1.78. The van der Waals surface area contributed by atoms with Gasteiger partial charge in [-0.1, -0.05) is 17.7 Å². The van der Waals surface area contributed by atoms with Crippen molar-refractivity contribution in [2.24, 2.45) is 5.73 Å². The van der Waals surface area contributed by atoms with Crippen molar-refractivity contribution in [3.63, 3.8) is 0 Å². The molecule has 8 heteroatoms. The molecular formula is C12H14ClN3O2S2. The SMILES string of the molecule is NCc1ccc(S(=O)(=O)NCCc2ccc(Cl)s2)nc1. The maximum absolute atomic E-state index is 12.0. The molecule has 0 unspecified atom stereocenters. The second-order valence-electron chi connectivity index (χ2n) is 4.06. The first kappa shape index (κ1) is 15.4. The van der Waals surface area contributed by atoms with E-state index in [0.29, 0.717) is 23.8 Å². The van der Waals surface area contributed by atoms with Gasteiger partial charge in [-0.15, -0.1) is 11.3 Å². The Balaban J connectivity index is 1.96. The summed E-state index contributed by atoms with van der Waals surface area (Å²) in [5.41, 5.74) is 6.23. The van der Waals surface area contributed by atoms with Crippen LogP contribution < -0.4 is 10.5 Å². The first-order valence-corrected chi connectivity index (χ1v) is 8.58. The summed E-state index contributed by atoms with van der Waals surface area (Å²) in [7, 11) is -3.58. The van der Waals surface area contributed by atoms with Crippen LogP contribution in [0.2, 0.25) is 4.34 Å². The van der Waals surface area contributed by atoms with Gasteiger partial charge in [0, 0.05) is 24.2 Å². The van der Waals surface area contributed by atoms with Crippen molar-refractivity contribution >= 4 is 33.0 Å². The van der Waals surface area contributed by atoms with E-state index in [-0.39, 0.29) is 5.03 Å². The average Bonchev–Trinajstić information content (AvgIpc) is 2.84. The van der Waals surface area contributed by atoms with Crippen LogP contribution in [-0.2, 0) is 23.0 Å². The van der Waals surface area contributed by atoms with Gasteiger partial charge >= 0.3 is 0 Å². The van der Waals surface area contributed by atoms with Gasteiger partial charge in [-0.3, -0.25) is 0 Å². The Morgan fingerprint density at radius 2 is 2.10 bits per heavy atom. The second kappa shape index (κ2) is 6.64. The number of nitrogens with zero attached hydrogens (tertiary/aromatic N) is 1. The van der Waals surface area contributed by atoms with Crippen LogP contribution >= 0.6 is 22.9 Å². The number of halogens is 1. The van der Waals surface area contributed by atoms with Crippen molar-refractivity contribution in [1.82, 2.24) is 9.71 Å². The fraction of sp³-hybridized carbons (Fsp3) is 0.250. The summed E-state index contributed by atoms with van der Waals surface area (Å²) in [6, 6.07) is 6.78. The van der Waals surface area contributed by atoms with E-state index >= 15 is 0 Å². The Morgan fingerprint density at radius 1 is 1.30 bits per heavy atom. The van der Waals surface area contributed by atoms with E-state index < -0.39 is 10.0 Å². The Labute approximate surface area is 126 Å². The standard InChI is InChI=1S/C12H14ClN3O2S2/c13-11-3-2-10(19-11)5-6-16-20(17,18)12-4-1-9(7-14)8-15-12/h1-4,8,16H,5-7,14H2. The van der Waals surface area contributed by atoms with Gasteiger partial charge in [0.05, 0.1) is 4.34 Å². The summed E-state index contributed by atoms with van der Waals surface area (Å²) < 4.78 is 27.2. The van der Waals surface area contributed by atoms with Crippen LogP contribution in [-0.4, -0.2) is 19.9 Å². The minimum atomic E-state index is -3.58. The van der Waals surface area contributed by atoms with Crippen LogP contribution in [0.5, 0.6) is 0 Å². The van der Waals surface area contributed by atoms with E-state index in [1.165, 1.54) is 23.6 Å². The lowest BCUT2D eigenvalue weighted by Gasteiger charge is -2.05. The predicted molar refractivity (Wildman–Crippen MR) is 80.3 cm³/mol. The summed E-state index contributed by atoms with van der Waals surface area (Å²) in [5, 5.41) is -0.00101. The largest absolute Gasteiger partial charge is 0.326 e. The van der Waals surface area contributed by atoms with Crippen molar-refractivity contribution in [3.8, 4) is 0 Å². The molecule has 0 radical (unpaired) electrons. The number of aromatic nitrogens is 1. The van der Waals surface area contributed by atoms with E-state index in [9.17, 15) is 8.42 Å². The molecule has 3 N–H and O–H groups in total. The smallest absolute Gasteiger partial charge is 0.258 e. The summed E-state index contributed by atoms with van der Waals surface area (Å²) in [4.78, 5) is 4.93. The van der Waals surface area contributed by atoms with Crippen molar-refractivity contribution in [2.45, 2.75) is 18.0 Å². The molecule has 0 amide bonds. The van der Waals surface area contributed by atoms with Gasteiger partial charge in [0.15, 0.2) is 5.03 Å². The van der Waals surface area contributed by atoms with Crippen LogP contribution in [0.15, 0.2) is 35.5 Å². The first-order chi connectivity index (χ1) is 9.51. The summed E-state index contributed by atoms with van der Waals surface area (Å²) >= 11 is 7.25. The van der Waals surface area contributed by atoms with Gasteiger partial charge in [0.25, 0.3) is 10.0 Å². The van der Waals surface area contributed by atoms with Crippen LogP contribution in [0.3, 0.4) is 0 Å². The number of thiophene rings is 1. The monoisotopic (exact) mass is 331 g/mol. The number of nitrogens with one attached hydrogen (secondary N) is 1. The molecule has 0 aliphatic carbocycles. The molecule has 108 valence electrons. The van der Waals surface area contributed by atoms with Gasteiger partial charge in [-0.2, -0.15) is 0 Å². The molecular weight excluding hydrogens is 318 g/mol. The molecule has 2 heterocycles. The highest BCUT2D eigenvalue weighted by molar-refractivity contribution is 7.89. The zero-order chi connectivity index (χ0) is 14.6. The summed E-state index contributed by atoms with van der Waals surface area (Å²) in [6.45, 7) is 0.638. The lowest BCUT2D eigenvalue weighted by Crippen LogP contribution is -2.26. The molecule has 20 heavy (non-hydrogen) atoms. The zero-order valence-corrected chi connectivity index (χ0v) is 12.9. The van der Waals surface area contributed by atoms with E-state index in [1.54, 1.807) is 12.1 Å². The van der Waals surface area contributed by atoms with E-state index in [1.807, 2.05) is 6.07 Å². The van der Waals surface area contributed by atoms with E-state index in [2.05, 4.69) is 9.71 Å². The fourth-order valence-electron chi connectivity index (χ4n) is 1.56. The number of pyridine rings is 1. The minimum absolute atomic E-state index is 0.00101. The van der Waals surface area contributed by atoms with Crippen molar-refractivity contribution in [3.05, 3.63) is 45.2 Å². The molecule has 2 rings (SSSR count). The molecule has 0 saturated carbocycles. The maximum atomic E-state index is 12.0. The molecule has 0 aliphatic heterocycles.